The standard InChI is InChI=1S/C8H5ClF2O3/c9-6-2-1-4(14-8(10)11)3-5(6)7(12)13/h1-3,8H,(H,12,13). The number of hydrogen-bond donors (Lipinski definition) is 1. The van der Waals surface area contributed by atoms with Crippen molar-refractivity contribution in [1.82, 2.24) is 0 Å². The number of alkyl halides is 2. The van der Waals surface area contributed by atoms with Gasteiger partial charge in [-0.1, -0.05) is 11.6 Å². The Morgan fingerprint density at radius 1 is 1.50 bits per heavy atom. The SMILES string of the molecule is O=C(O)c1cc(OC(F)F)ccc1Cl. The summed E-state index contributed by atoms with van der Waals surface area (Å²) in [7, 11) is 0. The summed E-state index contributed by atoms with van der Waals surface area (Å²) in [5.41, 5.74) is -0.273. The van der Waals surface area contributed by atoms with Crippen molar-refractivity contribution in [1.29, 1.82) is 0 Å². The molecular weight excluding hydrogens is 218 g/mol. The summed E-state index contributed by atoms with van der Waals surface area (Å²) in [6, 6.07) is 3.29. The second kappa shape index (κ2) is 4.23. The second-order valence-electron chi connectivity index (χ2n) is 2.33. The number of carboxylic acid groups (broad SMARTS) is 1. The number of carboxylic acids is 1. The van der Waals surface area contributed by atoms with E-state index in [4.69, 9.17) is 16.7 Å². The molecule has 0 radical (unpaired) electrons. The Kier molecular flexibility index (Phi) is 3.24. The molecular formula is C8H5ClF2O3. The minimum Gasteiger partial charge on any atom is -0.478 e. The molecule has 1 rings (SSSR count). The fraction of sp³-hybridized carbons (Fsp3) is 0.125. The molecule has 0 bridgehead atoms. The van der Waals surface area contributed by atoms with E-state index in [1.165, 1.54) is 12.1 Å². The summed E-state index contributed by atoms with van der Waals surface area (Å²) in [6.45, 7) is -2.99. The lowest BCUT2D eigenvalue weighted by atomic mass is 10.2. The average molecular weight is 223 g/mol. The number of rotatable bonds is 3. The van der Waals surface area contributed by atoms with Crippen molar-refractivity contribution >= 4 is 17.6 Å². The highest BCUT2D eigenvalue weighted by Gasteiger charge is 2.11. The van der Waals surface area contributed by atoms with Crippen molar-refractivity contribution in [2.24, 2.45) is 0 Å². The van der Waals surface area contributed by atoms with Crippen LogP contribution in [0.15, 0.2) is 18.2 Å². The van der Waals surface area contributed by atoms with Gasteiger partial charge in [0.2, 0.25) is 0 Å². The molecule has 1 aromatic carbocycles. The van der Waals surface area contributed by atoms with E-state index in [0.717, 1.165) is 6.07 Å². The summed E-state index contributed by atoms with van der Waals surface area (Å²) in [5, 5.41) is 8.57. The van der Waals surface area contributed by atoms with E-state index in [-0.39, 0.29) is 16.3 Å². The topological polar surface area (TPSA) is 46.5 Å². The number of aromatic carboxylic acids is 1. The van der Waals surface area contributed by atoms with Gasteiger partial charge >= 0.3 is 12.6 Å². The normalized spacial score (nSPS) is 10.3. The predicted molar refractivity (Wildman–Crippen MR) is 45.0 cm³/mol. The quantitative estimate of drug-likeness (QED) is 0.855. The molecule has 76 valence electrons. The Balaban J connectivity index is 3.00. The van der Waals surface area contributed by atoms with E-state index in [1.54, 1.807) is 0 Å². The van der Waals surface area contributed by atoms with Crippen LogP contribution >= 0.6 is 11.6 Å². The molecule has 0 heterocycles. The van der Waals surface area contributed by atoms with E-state index in [2.05, 4.69) is 4.74 Å². The van der Waals surface area contributed by atoms with Gasteiger partial charge in [-0.15, -0.1) is 0 Å². The molecule has 0 atom stereocenters. The third-order valence-electron chi connectivity index (χ3n) is 1.39. The summed E-state index contributed by atoms with van der Waals surface area (Å²) in [4.78, 5) is 10.5. The Bertz CT molecular complexity index is 354. The zero-order valence-electron chi connectivity index (χ0n) is 6.71. The lowest BCUT2D eigenvalue weighted by Crippen LogP contribution is -2.04. The average Bonchev–Trinajstić information content (AvgIpc) is 2.07. The molecule has 0 saturated heterocycles. The van der Waals surface area contributed by atoms with Gasteiger partial charge in [-0.05, 0) is 18.2 Å². The summed E-state index contributed by atoms with van der Waals surface area (Å²) >= 11 is 5.50. The highest BCUT2D eigenvalue weighted by molar-refractivity contribution is 6.33. The summed E-state index contributed by atoms with van der Waals surface area (Å²) in [6.07, 6.45) is 0. The summed E-state index contributed by atoms with van der Waals surface area (Å²) < 4.78 is 27.5. The molecule has 6 heteroatoms. The van der Waals surface area contributed by atoms with Gasteiger partial charge in [0.25, 0.3) is 0 Å². The van der Waals surface area contributed by atoms with Crippen LogP contribution in [0, 0.1) is 0 Å². The minimum atomic E-state index is -2.99. The number of halogens is 3. The highest BCUT2D eigenvalue weighted by Crippen LogP contribution is 2.23. The molecule has 3 nitrogen and oxygen atoms in total. The first kappa shape index (κ1) is 10.7. The maximum absolute atomic E-state index is 11.8. The predicted octanol–water partition coefficient (Wildman–Crippen LogP) is 2.64. The first-order valence-corrected chi connectivity index (χ1v) is 3.86. The molecule has 0 saturated carbocycles. The van der Waals surface area contributed by atoms with Crippen molar-refractivity contribution in [2.45, 2.75) is 6.61 Å². The molecule has 0 aromatic heterocycles. The first-order chi connectivity index (χ1) is 6.50. The van der Waals surface area contributed by atoms with E-state index in [0.29, 0.717) is 0 Å². The van der Waals surface area contributed by atoms with Gasteiger partial charge in [0, 0.05) is 0 Å². The van der Waals surface area contributed by atoms with Gasteiger partial charge in [-0.3, -0.25) is 0 Å². The zero-order chi connectivity index (χ0) is 10.7. The molecule has 0 aliphatic heterocycles. The van der Waals surface area contributed by atoms with E-state index >= 15 is 0 Å². The molecule has 1 N–H and O–H groups in total. The van der Waals surface area contributed by atoms with Crippen LogP contribution in [0.1, 0.15) is 10.4 Å². The molecule has 0 aliphatic carbocycles. The van der Waals surface area contributed by atoms with Crippen LogP contribution in [0.2, 0.25) is 5.02 Å². The van der Waals surface area contributed by atoms with Crippen LogP contribution in [-0.2, 0) is 0 Å². The van der Waals surface area contributed by atoms with E-state index in [9.17, 15) is 13.6 Å². The van der Waals surface area contributed by atoms with E-state index in [1.807, 2.05) is 0 Å². The van der Waals surface area contributed by atoms with Crippen molar-refractivity contribution in [3.63, 3.8) is 0 Å². The van der Waals surface area contributed by atoms with E-state index < -0.39 is 12.6 Å². The maximum Gasteiger partial charge on any atom is 0.387 e. The van der Waals surface area contributed by atoms with Gasteiger partial charge in [0.05, 0.1) is 10.6 Å². The van der Waals surface area contributed by atoms with Crippen LogP contribution < -0.4 is 4.74 Å². The number of benzene rings is 1. The molecule has 0 spiro atoms. The lowest BCUT2D eigenvalue weighted by Gasteiger charge is -2.05. The smallest absolute Gasteiger partial charge is 0.387 e. The van der Waals surface area contributed by atoms with Crippen LogP contribution in [0.25, 0.3) is 0 Å². The Morgan fingerprint density at radius 2 is 2.14 bits per heavy atom. The number of hydrogen-bond acceptors (Lipinski definition) is 2. The third kappa shape index (κ3) is 2.56. The fourth-order valence-electron chi connectivity index (χ4n) is 0.844. The summed E-state index contributed by atoms with van der Waals surface area (Å²) in [5.74, 6) is -1.53. The molecule has 1 aromatic rings. The fourth-order valence-corrected chi connectivity index (χ4v) is 1.04. The van der Waals surface area contributed by atoms with Crippen LogP contribution in [0.5, 0.6) is 5.75 Å². The van der Waals surface area contributed by atoms with Gasteiger partial charge in [-0.2, -0.15) is 8.78 Å². The Morgan fingerprint density at radius 3 is 2.64 bits per heavy atom. The van der Waals surface area contributed by atoms with Crippen molar-refractivity contribution < 1.29 is 23.4 Å². The lowest BCUT2D eigenvalue weighted by molar-refractivity contribution is -0.0499. The highest BCUT2D eigenvalue weighted by atomic mass is 35.5. The van der Waals surface area contributed by atoms with Gasteiger partial charge in [0.1, 0.15) is 5.75 Å². The van der Waals surface area contributed by atoms with Crippen molar-refractivity contribution in [3.05, 3.63) is 28.8 Å². The number of ether oxygens (including phenoxy) is 1. The second-order valence-corrected chi connectivity index (χ2v) is 2.73. The van der Waals surface area contributed by atoms with Crippen molar-refractivity contribution in [2.75, 3.05) is 0 Å². The molecule has 0 fully saturated rings. The molecule has 0 unspecified atom stereocenters. The zero-order valence-corrected chi connectivity index (χ0v) is 7.46. The molecule has 0 amide bonds. The van der Waals surface area contributed by atoms with Gasteiger partial charge in [0.15, 0.2) is 0 Å². The van der Waals surface area contributed by atoms with Crippen molar-refractivity contribution in [3.8, 4) is 5.75 Å². The maximum atomic E-state index is 11.8. The Hall–Kier alpha value is -1.36. The number of carbonyl (C=O) groups is 1. The van der Waals surface area contributed by atoms with Gasteiger partial charge in [-0.25, -0.2) is 4.79 Å². The monoisotopic (exact) mass is 222 g/mol. The van der Waals surface area contributed by atoms with Crippen LogP contribution in [-0.4, -0.2) is 17.7 Å². The van der Waals surface area contributed by atoms with Crippen LogP contribution in [0.3, 0.4) is 0 Å². The van der Waals surface area contributed by atoms with Crippen LogP contribution in [0.4, 0.5) is 8.78 Å². The third-order valence-corrected chi connectivity index (χ3v) is 1.72. The molecule has 0 aliphatic rings. The molecule has 14 heavy (non-hydrogen) atoms. The largest absolute Gasteiger partial charge is 0.478 e. The van der Waals surface area contributed by atoms with Gasteiger partial charge < -0.3 is 9.84 Å². The first-order valence-electron chi connectivity index (χ1n) is 3.48. The Labute approximate surface area is 82.9 Å². The minimum absolute atomic E-state index is 0.0286.